The van der Waals surface area contributed by atoms with Gasteiger partial charge in [-0.25, -0.2) is 4.39 Å². The van der Waals surface area contributed by atoms with Crippen LogP contribution in [0.2, 0.25) is 5.02 Å². The maximum absolute atomic E-state index is 13.0. The lowest BCUT2D eigenvalue weighted by Crippen LogP contribution is -2.00. The van der Waals surface area contributed by atoms with Crippen LogP contribution in [-0.2, 0) is 0 Å². The summed E-state index contributed by atoms with van der Waals surface area (Å²) in [6.07, 6.45) is 2.25. The molecule has 3 rings (SSSR count). The predicted molar refractivity (Wildman–Crippen MR) is 61.3 cm³/mol. The van der Waals surface area contributed by atoms with Gasteiger partial charge in [0.15, 0.2) is 0 Å². The molecule has 6 heteroatoms. The molecule has 1 aromatic heterocycles. The van der Waals surface area contributed by atoms with Gasteiger partial charge >= 0.3 is 6.01 Å². The van der Waals surface area contributed by atoms with Crippen LogP contribution in [0.3, 0.4) is 0 Å². The van der Waals surface area contributed by atoms with E-state index in [0.29, 0.717) is 23.4 Å². The zero-order valence-electron chi connectivity index (χ0n) is 8.78. The first-order chi connectivity index (χ1) is 8.22. The summed E-state index contributed by atoms with van der Waals surface area (Å²) in [7, 11) is 0. The average Bonchev–Trinajstić information content (AvgIpc) is 2.99. The molecular formula is C11H9ClFN3O. The van der Waals surface area contributed by atoms with Crippen LogP contribution < -0.4 is 5.32 Å². The minimum absolute atomic E-state index is 0.0454. The van der Waals surface area contributed by atoms with Crippen molar-refractivity contribution in [3.63, 3.8) is 0 Å². The SMILES string of the molecule is Fc1ccc(-c2noc(NC3CC3)n2)cc1Cl. The Kier molecular flexibility index (Phi) is 2.48. The molecule has 1 aliphatic carbocycles. The molecule has 0 radical (unpaired) electrons. The number of anilines is 1. The highest BCUT2D eigenvalue weighted by Crippen LogP contribution is 2.26. The van der Waals surface area contributed by atoms with E-state index in [4.69, 9.17) is 16.1 Å². The molecule has 1 fully saturated rings. The second kappa shape index (κ2) is 4.00. The molecule has 2 aromatic rings. The second-order valence-corrected chi connectivity index (χ2v) is 4.38. The molecular weight excluding hydrogens is 245 g/mol. The Hall–Kier alpha value is -1.62. The Labute approximate surface area is 102 Å². The van der Waals surface area contributed by atoms with Crippen LogP contribution in [0, 0.1) is 5.82 Å². The number of benzene rings is 1. The number of aromatic nitrogens is 2. The third kappa shape index (κ3) is 2.24. The van der Waals surface area contributed by atoms with Gasteiger partial charge in [-0.15, -0.1) is 0 Å². The number of hydrogen-bond acceptors (Lipinski definition) is 4. The Bertz CT molecular complexity index is 553. The topological polar surface area (TPSA) is 51.0 Å². The highest BCUT2D eigenvalue weighted by molar-refractivity contribution is 6.31. The Balaban J connectivity index is 1.86. The Morgan fingerprint density at radius 1 is 1.41 bits per heavy atom. The molecule has 88 valence electrons. The van der Waals surface area contributed by atoms with Crippen LogP contribution in [0.5, 0.6) is 0 Å². The smallest absolute Gasteiger partial charge is 0.322 e. The fourth-order valence-electron chi connectivity index (χ4n) is 1.44. The van der Waals surface area contributed by atoms with E-state index in [-0.39, 0.29) is 5.02 Å². The third-order valence-electron chi connectivity index (χ3n) is 2.51. The van der Waals surface area contributed by atoms with Gasteiger partial charge in [-0.2, -0.15) is 4.98 Å². The van der Waals surface area contributed by atoms with E-state index >= 15 is 0 Å². The molecule has 0 saturated heterocycles. The first-order valence-electron chi connectivity index (χ1n) is 5.28. The average molecular weight is 254 g/mol. The molecule has 1 aliphatic rings. The van der Waals surface area contributed by atoms with Gasteiger partial charge in [0.1, 0.15) is 5.82 Å². The lowest BCUT2D eigenvalue weighted by atomic mass is 10.2. The van der Waals surface area contributed by atoms with Crippen LogP contribution in [-0.4, -0.2) is 16.2 Å². The van der Waals surface area contributed by atoms with E-state index in [2.05, 4.69) is 15.5 Å². The van der Waals surface area contributed by atoms with Gasteiger partial charge in [0.05, 0.1) is 5.02 Å². The molecule has 1 heterocycles. The van der Waals surface area contributed by atoms with Gasteiger partial charge in [0.2, 0.25) is 5.82 Å². The molecule has 1 saturated carbocycles. The summed E-state index contributed by atoms with van der Waals surface area (Å²) < 4.78 is 18.0. The number of nitrogens with zero attached hydrogens (tertiary/aromatic N) is 2. The van der Waals surface area contributed by atoms with Crippen LogP contribution >= 0.6 is 11.6 Å². The molecule has 17 heavy (non-hydrogen) atoms. The summed E-state index contributed by atoms with van der Waals surface area (Å²) >= 11 is 5.69. The van der Waals surface area contributed by atoms with Crippen LogP contribution in [0.15, 0.2) is 22.7 Å². The summed E-state index contributed by atoms with van der Waals surface area (Å²) in [5.41, 5.74) is 0.629. The minimum Gasteiger partial charge on any atom is -0.335 e. The van der Waals surface area contributed by atoms with Gasteiger partial charge < -0.3 is 9.84 Å². The van der Waals surface area contributed by atoms with Crippen molar-refractivity contribution in [3.8, 4) is 11.4 Å². The molecule has 0 atom stereocenters. The molecule has 0 amide bonds. The summed E-state index contributed by atoms with van der Waals surface area (Å²) in [6, 6.07) is 5.15. The van der Waals surface area contributed by atoms with Crippen LogP contribution in [0.4, 0.5) is 10.4 Å². The van der Waals surface area contributed by atoms with Crippen molar-refractivity contribution < 1.29 is 8.91 Å². The van der Waals surface area contributed by atoms with Gasteiger partial charge in [-0.05, 0) is 31.0 Å². The summed E-state index contributed by atoms with van der Waals surface area (Å²) in [6.45, 7) is 0. The Morgan fingerprint density at radius 2 is 2.24 bits per heavy atom. The zero-order valence-corrected chi connectivity index (χ0v) is 9.54. The number of hydrogen-bond donors (Lipinski definition) is 1. The lowest BCUT2D eigenvalue weighted by molar-refractivity contribution is 0.432. The van der Waals surface area contributed by atoms with E-state index in [1.165, 1.54) is 12.1 Å². The fraction of sp³-hybridized carbons (Fsp3) is 0.273. The van der Waals surface area contributed by atoms with Crippen LogP contribution in [0.25, 0.3) is 11.4 Å². The van der Waals surface area contributed by atoms with Crippen molar-refractivity contribution in [1.29, 1.82) is 0 Å². The van der Waals surface area contributed by atoms with Gasteiger partial charge in [-0.3, -0.25) is 0 Å². The molecule has 0 spiro atoms. The van der Waals surface area contributed by atoms with Crippen molar-refractivity contribution in [2.45, 2.75) is 18.9 Å². The first kappa shape index (κ1) is 10.5. The van der Waals surface area contributed by atoms with Crippen molar-refractivity contribution >= 4 is 17.6 Å². The molecule has 0 aliphatic heterocycles. The standard InChI is InChI=1S/C11H9ClFN3O/c12-8-5-6(1-4-9(8)13)10-15-11(17-16-10)14-7-2-3-7/h1,4-5,7H,2-3H2,(H,14,15,16). The molecule has 1 N–H and O–H groups in total. The van der Waals surface area contributed by atoms with E-state index in [9.17, 15) is 4.39 Å². The number of nitrogens with one attached hydrogen (secondary N) is 1. The third-order valence-corrected chi connectivity index (χ3v) is 2.80. The maximum atomic E-state index is 13.0. The van der Waals surface area contributed by atoms with Crippen LogP contribution in [0.1, 0.15) is 12.8 Å². The first-order valence-corrected chi connectivity index (χ1v) is 5.66. The zero-order chi connectivity index (χ0) is 11.8. The van der Waals surface area contributed by atoms with E-state index < -0.39 is 5.82 Å². The van der Waals surface area contributed by atoms with Gasteiger partial charge in [0.25, 0.3) is 0 Å². The highest BCUT2D eigenvalue weighted by atomic mass is 35.5. The number of rotatable bonds is 3. The quantitative estimate of drug-likeness (QED) is 0.913. The summed E-state index contributed by atoms with van der Waals surface area (Å²) in [5, 5.41) is 6.94. The summed E-state index contributed by atoms with van der Waals surface area (Å²) in [4.78, 5) is 4.16. The Morgan fingerprint density at radius 3 is 2.94 bits per heavy atom. The monoisotopic (exact) mass is 253 g/mol. The number of halogens is 2. The largest absolute Gasteiger partial charge is 0.335 e. The predicted octanol–water partition coefficient (Wildman–Crippen LogP) is 3.10. The second-order valence-electron chi connectivity index (χ2n) is 3.97. The highest BCUT2D eigenvalue weighted by Gasteiger charge is 2.23. The van der Waals surface area contributed by atoms with Crippen molar-refractivity contribution in [1.82, 2.24) is 10.1 Å². The molecule has 0 unspecified atom stereocenters. The fourth-order valence-corrected chi connectivity index (χ4v) is 1.62. The van der Waals surface area contributed by atoms with Crippen molar-refractivity contribution in [2.24, 2.45) is 0 Å². The molecule has 0 bridgehead atoms. The van der Waals surface area contributed by atoms with Gasteiger partial charge in [0, 0.05) is 11.6 Å². The van der Waals surface area contributed by atoms with E-state index in [1.807, 2.05) is 0 Å². The van der Waals surface area contributed by atoms with Gasteiger partial charge in [-0.1, -0.05) is 16.8 Å². The van der Waals surface area contributed by atoms with Crippen molar-refractivity contribution in [3.05, 3.63) is 29.0 Å². The van der Waals surface area contributed by atoms with Crippen molar-refractivity contribution in [2.75, 3.05) is 5.32 Å². The molecule has 4 nitrogen and oxygen atoms in total. The van der Waals surface area contributed by atoms with E-state index in [0.717, 1.165) is 12.8 Å². The molecule has 1 aromatic carbocycles. The minimum atomic E-state index is -0.463. The maximum Gasteiger partial charge on any atom is 0.322 e. The van der Waals surface area contributed by atoms with E-state index in [1.54, 1.807) is 6.07 Å². The normalized spacial score (nSPS) is 14.9. The lowest BCUT2D eigenvalue weighted by Gasteiger charge is -1.96. The summed E-state index contributed by atoms with van der Waals surface area (Å²) in [5.74, 6) is -0.0645.